The predicted octanol–water partition coefficient (Wildman–Crippen LogP) is 5.96. The molecule has 1 aromatic heterocycles. The number of carbonyl (C=O) groups is 1. The number of carbonyl (C=O) groups excluding carboxylic acids is 1. The second-order valence-corrected chi connectivity index (χ2v) is 17.8. The standard InChI is InChI=1S/C38H45FN4O5Si/c1-25(2)42-48-37-31(36(44)32-20-40-21-33(41-32)45-8)19-28(35(34(37)39)43-22-26(3)47-27(4)23-43)24-46-49(38(5,6)7,29-15-11-9-12-16-29)30-17-13-10-14-18-30/h9-21,26-27,42H,1,22-24H2,2-8H3. The van der Waals surface area contributed by atoms with Crippen LogP contribution in [-0.4, -0.2) is 56.5 Å². The number of methoxy groups -OCH3 is 1. The van der Waals surface area contributed by atoms with Crippen LogP contribution in [0.15, 0.2) is 91.4 Å². The highest BCUT2D eigenvalue weighted by molar-refractivity contribution is 6.99. The number of hydroxylamine groups is 1. The van der Waals surface area contributed by atoms with Crippen molar-refractivity contribution in [3.8, 4) is 11.6 Å². The van der Waals surface area contributed by atoms with Crippen LogP contribution in [0.3, 0.4) is 0 Å². The first-order valence-electron chi connectivity index (χ1n) is 16.4. The van der Waals surface area contributed by atoms with Crippen LogP contribution >= 0.6 is 0 Å². The van der Waals surface area contributed by atoms with Gasteiger partial charge in [-0.1, -0.05) is 88.0 Å². The molecule has 2 unspecified atom stereocenters. The molecule has 49 heavy (non-hydrogen) atoms. The van der Waals surface area contributed by atoms with Gasteiger partial charge in [-0.25, -0.2) is 14.9 Å². The molecule has 1 saturated heterocycles. The number of nitrogens with one attached hydrogen (secondary N) is 1. The van der Waals surface area contributed by atoms with E-state index in [-0.39, 0.29) is 52.4 Å². The zero-order valence-electron chi connectivity index (χ0n) is 29.2. The number of aromatic nitrogens is 2. The summed E-state index contributed by atoms with van der Waals surface area (Å²) in [7, 11) is -1.62. The maximum atomic E-state index is 17.3. The van der Waals surface area contributed by atoms with Crippen LogP contribution in [0.5, 0.6) is 11.6 Å². The van der Waals surface area contributed by atoms with Gasteiger partial charge in [-0.15, -0.1) is 0 Å². The molecular formula is C38H45FN4O5Si. The highest BCUT2D eigenvalue weighted by atomic mass is 28.4. The largest absolute Gasteiger partial charge is 0.480 e. The molecule has 0 spiro atoms. The number of ether oxygens (including phenoxy) is 2. The lowest BCUT2D eigenvalue weighted by Gasteiger charge is -2.43. The number of nitrogens with zero attached hydrogens (tertiary/aromatic N) is 3. The fraction of sp³-hybridized carbons (Fsp3) is 0.342. The minimum Gasteiger partial charge on any atom is -0.480 e. The molecule has 2 heterocycles. The van der Waals surface area contributed by atoms with Crippen molar-refractivity contribution in [3.63, 3.8) is 0 Å². The zero-order chi connectivity index (χ0) is 35.3. The van der Waals surface area contributed by atoms with Gasteiger partial charge in [0.25, 0.3) is 8.32 Å². The number of morpholine rings is 1. The topological polar surface area (TPSA) is 95.0 Å². The number of hydrogen-bond donors (Lipinski definition) is 1. The van der Waals surface area contributed by atoms with Gasteiger partial charge in [0.15, 0.2) is 5.82 Å². The number of hydrogen-bond acceptors (Lipinski definition) is 9. The highest BCUT2D eigenvalue weighted by Crippen LogP contribution is 2.41. The summed E-state index contributed by atoms with van der Waals surface area (Å²) in [5, 5.41) is 1.83. The van der Waals surface area contributed by atoms with Gasteiger partial charge in [-0.3, -0.25) is 9.78 Å². The molecule has 1 aliphatic rings. The molecule has 0 radical (unpaired) electrons. The van der Waals surface area contributed by atoms with Crippen LogP contribution in [0.25, 0.3) is 0 Å². The molecule has 258 valence electrons. The van der Waals surface area contributed by atoms with Gasteiger partial charge in [0.05, 0.1) is 49.6 Å². The first-order valence-corrected chi connectivity index (χ1v) is 18.3. The van der Waals surface area contributed by atoms with Crippen molar-refractivity contribution in [1.29, 1.82) is 0 Å². The van der Waals surface area contributed by atoms with Gasteiger partial charge in [0, 0.05) is 24.4 Å². The molecular weight excluding hydrogens is 640 g/mol. The molecule has 5 rings (SSSR count). The van der Waals surface area contributed by atoms with E-state index >= 15 is 4.39 Å². The molecule has 1 fully saturated rings. The van der Waals surface area contributed by atoms with Gasteiger partial charge < -0.3 is 23.6 Å². The summed E-state index contributed by atoms with van der Waals surface area (Å²) in [5.74, 6) is -1.44. The normalized spacial score (nSPS) is 16.6. The SMILES string of the molecule is C=C(C)NOc1c(C(=O)c2cncc(OC)n2)cc(CO[Si](c2ccccc2)(c2ccccc2)C(C)(C)C)c(N2CC(C)OC(C)C2)c1F. The van der Waals surface area contributed by atoms with Gasteiger partial charge >= 0.3 is 0 Å². The maximum Gasteiger partial charge on any atom is 0.261 e. The Morgan fingerprint density at radius 3 is 2.16 bits per heavy atom. The van der Waals surface area contributed by atoms with Gasteiger partial charge in [0.2, 0.25) is 17.4 Å². The average molecular weight is 685 g/mol. The van der Waals surface area contributed by atoms with E-state index in [0.717, 1.165) is 10.4 Å². The smallest absolute Gasteiger partial charge is 0.261 e. The van der Waals surface area contributed by atoms with Crippen molar-refractivity contribution in [2.24, 2.45) is 0 Å². The third kappa shape index (κ3) is 7.54. The van der Waals surface area contributed by atoms with Crippen molar-refractivity contribution >= 4 is 30.2 Å². The summed E-state index contributed by atoms with van der Waals surface area (Å²) in [5.41, 5.74) is 3.77. The molecule has 0 amide bonds. The Kier molecular flexibility index (Phi) is 10.9. The van der Waals surface area contributed by atoms with E-state index in [0.29, 0.717) is 24.4 Å². The number of halogens is 1. The summed E-state index contributed by atoms with van der Waals surface area (Å²) in [4.78, 5) is 30.3. The van der Waals surface area contributed by atoms with E-state index in [1.807, 2.05) is 55.1 Å². The average Bonchev–Trinajstić information content (AvgIpc) is 3.07. The predicted molar refractivity (Wildman–Crippen MR) is 192 cm³/mol. The van der Waals surface area contributed by atoms with Crippen LogP contribution < -0.4 is 30.3 Å². The van der Waals surface area contributed by atoms with E-state index in [1.54, 1.807) is 13.0 Å². The molecule has 0 saturated carbocycles. The summed E-state index contributed by atoms with van der Waals surface area (Å²) in [6.07, 6.45) is 2.38. The van der Waals surface area contributed by atoms with Crippen LogP contribution in [0, 0.1) is 5.82 Å². The third-order valence-corrected chi connectivity index (χ3v) is 13.5. The Labute approximate surface area is 289 Å². The fourth-order valence-electron chi connectivity index (χ4n) is 6.54. The zero-order valence-corrected chi connectivity index (χ0v) is 30.2. The fourth-order valence-corrected chi connectivity index (χ4v) is 11.1. The minimum atomic E-state index is -3.06. The van der Waals surface area contributed by atoms with Crippen LogP contribution in [-0.2, 0) is 15.8 Å². The Hall–Kier alpha value is -4.58. The van der Waals surface area contributed by atoms with Crippen molar-refractivity contribution in [1.82, 2.24) is 15.4 Å². The Morgan fingerprint density at radius 2 is 1.63 bits per heavy atom. The molecule has 1 N–H and O–H groups in total. The Morgan fingerprint density at radius 1 is 1.04 bits per heavy atom. The summed E-state index contributed by atoms with van der Waals surface area (Å²) in [6, 6.07) is 22.1. The Bertz CT molecular complexity index is 1740. The second kappa shape index (κ2) is 14.9. The van der Waals surface area contributed by atoms with Crippen molar-refractivity contribution < 1.29 is 27.9 Å². The van der Waals surface area contributed by atoms with Gasteiger partial charge in [-0.05, 0) is 42.2 Å². The lowest BCUT2D eigenvalue weighted by atomic mass is 10.00. The molecule has 0 aliphatic carbocycles. The Balaban J connectivity index is 1.74. The van der Waals surface area contributed by atoms with E-state index < -0.39 is 19.9 Å². The summed E-state index contributed by atoms with van der Waals surface area (Å²) in [6.45, 7) is 16.8. The van der Waals surface area contributed by atoms with E-state index in [2.05, 4.69) is 67.1 Å². The molecule has 0 bridgehead atoms. The molecule has 11 heteroatoms. The monoisotopic (exact) mass is 684 g/mol. The van der Waals surface area contributed by atoms with E-state index in [9.17, 15) is 4.79 Å². The quantitative estimate of drug-likeness (QED) is 0.110. The number of allylic oxidation sites excluding steroid dienone is 1. The van der Waals surface area contributed by atoms with E-state index in [1.165, 1.54) is 19.5 Å². The maximum absolute atomic E-state index is 17.3. The number of benzene rings is 3. The third-order valence-electron chi connectivity index (χ3n) is 8.50. The number of anilines is 1. The summed E-state index contributed by atoms with van der Waals surface area (Å²) >= 11 is 0. The van der Waals surface area contributed by atoms with E-state index in [4.69, 9.17) is 18.7 Å². The van der Waals surface area contributed by atoms with Gasteiger partial charge in [0.1, 0.15) is 5.69 Å². The molecule has 2 atom stereocenters. The van der Waals surface area contributed by atoms with Gasteiger partial charge in [-0.2, -0.15) is 0 Å². The van der Waals surface area contributed by atoms with Crippen molar-refractivity contribution in [2.75, 3.05) is 25.1 Å². The molecule has 3 aromatic carbocycles. The minimum absolute atomic E-state index is 0.0118. The first-order chi connectivity index (χ1) is 23.4. The number of rotatable bonds is 12. The van der Waals surface area contributed by atoms with Crippen LogP contribution in [0.2, 0.25) is 5.04 Å². The molecule has 1 aliphatic heterocycles. The van der Waals surface area contributed by atoms with Crippen LogP contribution in [0.4, 0.5) is 10.1 Å². The highest BCUT2D eigenvalue weighted by Gasteiger charge is 2.50. The lowest BCUT2D eigenvalue weighted by molar-refractivity contribution is -0.00554. The second-order valence-electron chi connectivity index (χ2n) is 13.4. The van der Waals surface area contributed by atoms with Crippen molar-refractivity contribution in [3.05, 3.63) is 114 Å². The number of ketones is 1. The first kappa shape index (κ1) is 35.7. The molecule has 9 nitrogen and oxygen atoms in total. The van der Waals surface area contributed by atoms with Crippen LogP contribution in [0.1, 0.15) is 63.2 Å². The summed E-state index contributed by atoms with van der Waals surface area (Å²) < 4.78 is 35.8. The lowest BCUT2D eigenvalue weighted by Crippen LogP contribution is -2.66. The van der Waals surface area contributed by atoms with Crippen molar-refractivity contribution in [2.45, 2.75) is 65.4 Å². The molecule has 4 aromatic rings.